The molecule has 0 spiro atoms. The second-order valence-corrected chi connectivity index (χ2v) is 4.56. The maximum Gasteiger partial charge on any atom is 0.479 e. The Morgan fingerprint density at radius 3 is 2.67 bits per heavy atom. The Morgan fingerprint density at radius 2 is 2.05 bits per heavy atom. The van der Waals surface area contributed by atoms with E-state index in [1.807, 2.05) is 0 Å². The third kappa shape index (κ3) is 3.81. The minimum absolute atomic E-state index is 0.0382. The lowest BCUT2D eigenvalue weighted by Crippen LogP contribution is -2.03. The molecule has 0 aliphatic carbocycles. The number of carbonyl (C=O) groups excluding carboxylic acids is 1. The fraction of sp³-hybridized carbons (Fsp3) is 0.250. The van der Waals surface area contributed by atoms with Crippen molar-refractivity contribution in [3.05, 3.63) is 29.8 Å². The molecule has 0 aliphatic heterocycles. The van der Waals surface area contributed by atoms with Crippen LogP contribution < -0.4 is 4.18 Å². The molecule has 2 rings (SSSR count). The molecular weight excluding hydrogens is 316 g/mol. The van der Waals surface area contributed by atoms with Gasteiger partial charge in [0.25, 0.3) is 0 Å². The first-order chi connectivity index (χ1) is 9.80. The molecule has 0 saturated carbocycles. The molecule has 2 aromatic rings. The van der Waals surface area contributed by atoms with Crippen molar-refractivity contribution in [2.75, 3.05) is 6.61 Å². The van der Waals surface area contributed by atoms with Crippen molar-refractivity contribution in [3.8, 4) is 5.75 Å². The second kappa shape index (κ2) is 5.84. The minimum Gasteiger partial charge on any atom is -0.460 e. The van der Waals surface area contributed by atoms with Gasteiger partial charge in [0.2, 0.25) is 5.76 Å². The molecule has 1 aromatic carbocycles. The van der Waals surface area contributed by atoms with E-state index in [-0.39, 0.29) is 23.3 Å². The Hall–Kier alpha value is -1.90. The molecule has 0 atom stereocenters. The highest BCUT2D eigenvalue weighted by Gasteiger charge is 2.32. The van der Waals surface area contributed by atoms with Gasteiger partial charge in [0.15, 0.2) is 17.8 Å². The molecule has 0 fully saturated rings. The molecule has 1 aromatic heterocycles. The summed E-state index contributed by atoms with van der Waals surface area (Å²) < 4.78 is 63.9. The Labute approximate surface area is 120 Å². The van der Waals surface area contributed by atoms with E-state index < -0.39 is 35.1 Å². The predicted molar refractivity (Wildman–Crippen MR) is 66.4 cm³/mol. The van der Waals surface area contributed by atoms with E-state index >= 15 is 0 Å². The Balaban J connectivity index is 2.38. The number of fused-ring (bicyclic) bond motifs is 1. The SMILES string of the molecule is CCOC(=O)c1cc2c(OSC(F)(F)F)cc(F)cc2o1. The molecule has 0 aliphatic rings. The van der Waals surface area contributed by atoms with Gasteiger partial charge in [-0.1, -0.05) is 0 Å². The van der Waals surface area contributed by atoms with Crippen LogP contribution in [0.25, 0.3) is 11.0 Å². The van der Waals surface area contributed by atoms with Crippen LogP contribution in [0.1, 0.15) is 17.5 Å². The van der Waals surface area contributed by atoms with E-state index in [1.54, 1.807) is 6.92 Å². The largest absolute Gasteiger partial charge is 0.479 e. The summed E-state index contributed by atoms with van der Waals surface area (Å²) in [7, 11) is 0. The molecule has 0 unspecified atom stereocenters. The van der Waals surface area contributed by atoms with Crippen LogP contribution in [0.2, 0.25) is 0 Å². The molecule has 1 heterocycles. The topological polar surface area (TPSA) is 48.7 Å². The van der Waals surface area contributed by atoms with Gasteiger partial charge in [-0.2, -0.15) is 13.2 Å². The van der Waals surface area contributed by atoms with Crippen molar-refractivity contribution in [1.29, 1.82) is 0 Å². The summed E-state index contributed by atoms with van der Waals surface area (Å²) in [5, 5.41) is 0.0382. The molecule has 0 N–H and O–H groups in total. The van der Waals surface area contributed by atoms with Gasteiger partial charge in [-0.05, 0) is 6.92 Å². The first-order valence-corrected chi connectivity index (χ1v) is 6.37. The number of halogens is 4. The van der Waals surface area contributed by atoms with Crippen LogP contribution in [0.5, 0.6) is 5.75 Å². The molecule has 114 valence electrons. The van der Waals surface area contributed by atoms with E-state index in [0.29, 0.717) is 0 Å². The first-order valence-electron chi connectivity index (χ1n) is 5.63. The summed E-state index contributed by atoms with van der Waals surface area (Å²) in [5.74, 6) is -2.31. The van der Waals surface area contributed by atoms with E-state index in [1.165, 1.54) is 0 Å². The van der Waals surface area contributed by atoms with E-state index in [4.69, 9.17) is 4.42 Å². The monoisotopic (exact) mass is 324 g/mol. The summed E-state index contributed by atoms with van der Waals surface area (Å²) in [5.41, 5.74) is -4.76. The van der Waals surface area contributed by atoms with Crippen molar-refractivity contribution in [1.82, 2.24) is 0 Å². The summed E-state index contributed by atoms with van der Waals surface area (Å²) in [6.07, 6.45) is 0. The first kappa shape index (κ1) is 15.5. The van der Waals surface area contributed by atoms with Crippen LogP contribution in [-0.2, 0) is 4.74 Å². The highest BCUT2D eigenvalue weighted by Crippen LogP contribution is 2.37. The molecule has 4 nitrogen and oxygen atoms in total. The van der Waals surface area contributed by atoms with Crippen LogP contribution in [0.4, 0.5) is 17.6 Å². The van der Waals surface area contributed by atoms with Gasteiger partial charge in [-0.25, -0.2) is 9.18 Å². The Kier molecular flexibility index (Phi) is 4.31. The number of carbonyl (C=O) groups is 1. The Morgan fingerprint density at radius 1 is 1.33 bits per heavy atom. The molecule has 0 saturated heterocycles. The number of esters is 1. The van der Waals surface area contributed by atoms with E-state index in [2.05, 4.69) is 8.92 Å². The lowest BCUT2D eigenvalue weighted by molar-refractivity contribution is -0.0369. The van der Waals surface area contributed by atoms with Crippen molar-refractivity contribution >= 4 is 29.0 Å². The normalized spacial score (nSPS) is 11.7. The Bertz CT molecular complexity index is 665. The van der Waals surface area contributed by atoms with Crippen LogP contribution in [0.3, 0.4) is 0 Å². The number of ether oxygens (including phenoxy) is 1. The van der Waals surface area contributed by atoms with Crippen molar-refractivity contribution in [2.24, 2.45) is 0 Å². The summed E-state index contributed by atoms with van der Waals surface area (Å²) in [6, 6.07) is 2.84. The van der Waals surface area contributed by atoms with Gasteiger partial charge in [-0.15, -0.1) is 0 Å². The zero-order chi connectivity index (χ0) is 15.6. The van der Waals surface area contributed by atoms with Crippen LogP contribution in [0, 0.1) is 5.82 Å². The maximum absolute atomic E-state index is 13.3. The average Bonchev–Trinajstić information content (AvgIpc) is 2.79. The van der Waals surface area contributed by atoms with Crippen molar-refractivity contribution < 1.29 is 35.7 Å². The second-order valence-electron chi connectivity index (χ2n) is 3.76. The summed E-state index contributed by atoms with van der Waals surface area (Å²) >= 11 is -0.786. The van der Waals surface area contributed by atoms with Crippen LogP contribution in [-0.4, -0.2) is 18.1 Å². The number of hydrogen-bond acceptors (Lipinski definition) is 5. The number of furan rings is 1. The van der Waals surface area contributed by atoms with Gasteiger partial charge in [0.05, 0.1) is 12.0 Å². The minimum atomic E-state index is -4.65. The van der Waals surface area contributed by atoms with Gasteiger partial charge in [0, 0.05) is 18.2 Å². The lowest BCUT2D eigenvalue weighted by atomic mass is 10.2. The highest BCUT2D eigenvalue weighted by molar-refractivity contribution is 7.95. The van der Waals surface area contributed by atoms with Gasteiger partial charge < -0.3 is 13.3 Å². The number of hydrogen-bond donors (Lipinski definition) is 0. The zero-order valence-electron chi connectivity index (χ0n) is 10.5. The van der Waals surface area contributed by atoms with Crippen molar-refractivity contribution in [3.63, 3.8) is 0 Å². The van der Waals surface area contributed by atoms with Gasteiger partial charge >= 0.3 is 11.5 Å². The number of benzene rings is 1. The molecule has 21 heavy (non-hydrogen) atoms. The highest BCUT2D eigenvalue weighted by atomic mass is 32.2. The average molecular weight is 324 g/mol. The number of alkyl halides is 3. The summed E-state index contributed by atoms with van der Waals surface area (Å²) in [6.45, 7) is 1.67. The lowest BCUT2D eigenvalue weighted by Gasteiger charge is -2.07. The maximum atomic E-state index is 13.3. The third-order valence-electron chi connectivity index (χ3n) is 2.27. The fourth-order valence-corrected chi connectivity index (χ4v) is 1.86. The molecule has 0 bridgehead atoms. The van der Waals surface area contributed by atoms with Gasteiger partial charge in [-0.3, -0.25) is 0 Å². The molecular formula is C12H8F4O4S. The van der Waals surface area contributed by atoms with Gasteiger partial charge in [0.1, 0.15) is 11.4 Å². The molecule has 9 heteroatoms. The smallest absolute Gasteiger partial charge is 0.460 e. The molecule has 0 amide bonds. The predicted octanol–water partition coefficient (Wildman–Crippen LogP) is 4.30. The van der Waals surface area contributed by atoms with E-state index in [9.17, 15) is 22.4 Å². The standard InChI is InChI=1S/C12H8F4O4S/c1-2-18-11(17)10-5-7-8(19-10)3-6(13)4-9(7)20-21-12(14,15)16/h3-5H,2H2,1H3. The fourth-order valence-electron chi connectivity index (χ4n) is 1.54. The third-order valence-corrected chi connectivity index (χ3v) is 2.72. The molecule has 0 radical (unpaired) electrons. The number of rotatable bonds is 4. The summed E-state index contributed by atoms with van der Waals surface area (Å²) in [4.78, 5) is 11.5. The van der Waals surface area contributed by atoms with E-state index in [0.717, 1.165) is 18.2 Å². The zero-order valence-corrected chi connectivity index (χ0v) is 11.3. The van der Waals surface area contributed by atoms with Crippen molar-refractivity contribution in [2.45, 2.75) is 12.4 Å². The van der Waals surface area contributed by atoms with Crippen LogP contribution >= 0.6 is 12.0 Å². The van der Waals surface area contributed by atoms with Crippen LogP contribution in [0.15, 0.2) is 22.6 Å². The quantitative estimate of drug-likeness (QED) is 0.477.